The third kappa shape index (κ3) is 11.7. The zero-order valence-corrected chi connectivity index (χ0v) is 18.6. The van der Waals surface area contributed by atoms with Crippen LogP contribution in [0.5, 0.6) is 0 Å². The summed E-state index contributed by atoms with van der Waals surface area (Å²) >= 11 is 5.77. The average molecular weight is 444 g/mol. The van der Waals surface area contributed by atoms with E-state index in [9.17, 15) is 5.11 Å². The van der Waals surface area contributed by atoms with Gasteiger partial charge in [0.1, 0.15) is 0 Å². The molecule has 0 N–H and O–H groups in total. The summed E-state index contributed by atoms with van der Waals surface area (Å²) in [6, 6.07) is 7.07. The molecule has 132 valence electrons. The predicted molar refractivity (Wildman–Crippen MR) is 105 cm³/mol. The van der Waals surface area contributed by atoms with E-state index in [4.69, 9.17) is 11.6 Å². The molecule has 1 aromatic rings. The van der Waals surface area contributed by atoms with E-state index < -0.39 is 6.10 Å². The quantitative estimate of drug-likeness (QED) is 0.576. The number of benzene rings is 1. The van der Waals surface area contributed by atoms with Gasteiger partial charge in [-0.1, -0.05) is 49.6 Å². The molecule has 0 saturated heterocycles. The third-order valence-corrected chi connectivity index (χ3v) is 3.64. The van der Waals surface area contributed by atoms with Crippen molar-refractivity contribution in [2.45, 2.75) is 32.8 Å². The van der Waals surface area contributed by atoms with Crippen LogP contribution in [-0.4, -0.2) is 0 Å². The second kappa shape index (κ2) is 17.2. The van der Waals surface area contributed by atoms with Crippen molar-refractivity contribution >= 4 is 11.6 Å². The van der Waals surface area contributed by atoms with Crippen LogP contribution in [0.2, 0.25) is 5.02 Å². The van der Waals surface area contributed by atoms with Crippen molar-refractivity contribution in [3.8, 4) is 0 Å². The Bertz CT molecular complexity index is 436. The van der Waals surface area contributed by atoms with E-state index in [0.717, 1.165) is 24.0 Å². The van der Waals surface area contributed by atoms with E-state index >= 15 is 0 Å². The summed E-state index contributed by atoms with van der Waals surface area (Å²) in [6.45, 7) is 3.98. The first-order valence-corrected chi connectivity index (χ1v) is 8.91. The van der Waals surface area contributed by atoms with Gasteiger partial charge in [-0.15, -0.1) is 6.10 Å². The molecule has 26 heavy (non-hydrogen) atoms. The Labute approximate surface area is 185 Å². The van der Waals surface area contributed by atoms with Crippen molar-refractivity contribution < 1.29 is 31.3 Å². The molecule has 0 heterocycles. The van der Waals surface area contributed by atoms with Crippen molar-refractivity contribution in [3.05, 3.63) is 111 Å². The van der Waals surface area contributed by atoms with Crippen LogP contribution in [0.4, 0.5) is 0 Å². The number of hydrogen-bond acceptors (Lipinski definition) is 1. The maximum Gasteiger partial charge on any atom is 4.00 e. The molecule has 1 nitrogen and oxygen atoms in total. The second-order valence-electron chi connectivity index (χ2n) is 5.27. The van der Waals surface area contributed by atoms with Gasteiger partial charge in [0.2, 0.25) is 0 Å². The number of hydrogen-bond donors (Lipinski definition) is 0. The molecule has 2 aliphatic carbocycles. The van der Waals surface area contributed by atoms with Crippen LogP contribution in [0.15, 0.2) is 29.8 Å². The Kier molecular flexibility index (Phi) is 17.3. The molecule has 0 aliphatic heterocycles. The number of allylic oxidation sites excluding steroid dienone is 1. The van der Waals surface area contributed by atoms with Crippen LogP contribution in [-0.2, 0) is 26.2 Å². The van der Waals surface area contributed by atoms with Gasteiger partial charge in [-0.25, -0.2) is 0 Å². The zero-order chi connectivity index (χ0) is 18.3. The van der Waals surface area contributed by atoms with Gasteiger partial charge in [-0.2, -0.15) is 6.42 Å². The van der Waals surface area contributed by atoms with E-state index in [0.29, 0.717) is 5.02 Å². The standard InChI is InChI=1S/C13H15ClO.2C5H5.Zr/c1-3-5-10(4-2)13(15)11-6-8-12(14)9-7-11;2*1-2-4-5-3-1;/h6-9,13H,3-4H2,1-2H3;2*1-5H;/q-2;;;+4. The molecule has 1 atom stereocenters. The van der Waals surface area contributed by atoms with Gasteiger partial charge in [-0.3, -0.25) is 5.57 Å². The Morgan fingerprint density at radius 3 is 1.54 bits per heavy atom. The first-order valence-electron chi connectivity index (χ1n) is 8.53. The molecule has 1 unspecified atom stereocenters. The molecule has 0 spiro atoms. The van der Waals surface area contributed by atoms with Crippen LogP contribution in [0.1, 0.15) is 38.4 Å². The van der Waals surface area contributed by atoms with E-state index in [2.05, 4.69) is 6.08 Å². The number of halogens is 1. The van der Waals surface area contributed by atoms with Gasteiger partial charge < -0.3 is 11.2 Å². The molecule has 3 heteroatoms. The molecule has 2 aliphatic rings. The first kappa shape index (κ1) is 26.1. The maximum atomic E-state index is 12.0. The van der Waals surface area contributed by atoms with Gasteiger partial charge >= 0.3 is 26.2 Å². The Morgan fingerprint density at radius 1 is 0.846 bits per heavy atom. The summed E-state index contributed by atoms with van der Waals surface area (Å²) in [4.78, 5) is 0. The van der Waals surface area contributed by atoms with Crippen molar-refractivity contribution in [2.75, 3.05) is 0 Å². The minimum absolute atomic E-state index is 0. The molecule has 1 aromatic carbocycles. The smallest absolute Gasteiger partial charge is 0.847 e. The number of rotatable bonds is 4. The van der Waals surface area contributed by atoms with Gasteiger partial charge in [0.25, 0.3) is 0 Å². The topological polar surface area (TPSA) is 23.1 Å². The molecular weight excluding hydrogens is 419 g/mol. The Morgan fingerprint density at radius 2 is 1.23 bits per heavy atom. The van der Waals surface area contributed by atoms with Crippen molar-refractivity contribution in [1.29, 1.82) is 0 Å². The van der Waals surface area contributed by atoms with Crippen molar-refractivity contribution in [2.24, 2.45) is 0 Å². The first-order chi connectivity index (χ1) is 12.2. The van der Waals surface area contributed by atoms with Crippen LogP contribution < -0.4 is 5.11 Å². The third-order valence-electron chi connectivity index (χ3n) is 3.39. The van der Waals surface area contributed by atoms with E-state index in [1.165, 1.54) is 0 Å². The Hall–Kier alpha value is 0.0931. The monoisotopic (exact) mass is 442 g/mol. The fraction of sp³-hybridized carbons (Fsp3) is 0.217. The predicted octanol–water partition coefficient (Wildman–Crippen LogP) is 5.33. The van der Waals surface area contributed by atoms with Gasteiger partial charge in [0.05, 0.1) is 0 Å². The summed E-state index contributed by atoms with van der Waals surface area (Å²) < 4.78 is 0. The SMILES string of the molecule is CC[C-]=C(CC)C([O-])c1ccc(Cl)cc1.[CH]1[CH][CH][CH][CH]1.[CH]1[CH][CH][CH][CH]1.[Zr+4]. The van der Waals surface area contributed by atoms with Crippen LogP contribution in [0.25, 0.3) is 0 Å². The molecule has 0 bridgehead atoms. The van der Waals surface area contributed by atoms with Gasteiger partial charge in [0, 0.05) is 5.02 Å². The summed E-state index contributed by atoms with van der Waals surface area (Å²) in [5, 5.41) is 12.7. The largest absolute Gasteiger partial charge is 4.00 e. The normalized spacial score (nSPS) is 17.3. The molecular formula is C23H25ClOZr+2. The van der Waals surface area contributed by atoms with E-state index in [1.54, 1.807) is 24.3 Å². The second-order valence-corrected chi connectivity index (χ2v) is 5.70. The average Bonchev–Trinajstić information content (AvgIpc) is 3.38. The van der Waals surface area contributed by atoms with Crippen LogP contribution in [0, 0.1) is 70.3 Å². The van der Waals surface area contributed by atoms with Crippen molar-refractivity contribution in [1.82, 2.24) is 0 Å². The van der Waals surface area contributed by atoms with E-state index in [1.807, 2.05) is 78.1 Å². The minimum Gasteiger partial charge on any atom is -0.847 e. The molecule has 0 aromatic heterocycles. The van der Waals surface area contributed by atoms with E-state index in [-0.39, 0.29) is 26.2 Å². The fourth-order valence-electron chi connectivity index (χ4n) is 2.11. The summed E-state index contributed by atoms with van der Waals surface area (Å²) in [5.74, 6) is 0. The van der Waals surface area contributed by atoms with Gasteiger partial charge in [-0.05, 0) is 76.3 Å². The zero-order valence-electron chi connectivity index (χ0n) is 15.4. The summed E-state index contributed by atoms with van der Waals surface area (Å²) in [5.41, 5.74) is 1.59. The summed E-state index contributed by atoms with van der Waals surface area (Å²) in [6.07, 6.45) is 23.9. The van der Waals surface area contributed by atoms with Gasteiger partial charge in [0.15, 0.2) is 0 Å². The summed E-state index contributed by atoms with van der Waals surface area (Å²) in [7, 11) is 0. The molecule has 0 amide bonds. The minimum atomic E-state index is -0.799. The molecule has 3 rings (SSSR count). The molecule has 2 fully saturated rings. The Balaban J connectivity index is 0.000000460. The fourth-order valence-corrected chi connectivity index (χ4v) is 2.24. The van der Waals surface area contributed by atoms with Crippen LogP contribution in [0.3, 0.4) is 0 Å². The molecule has 10 radical (unpaired) electrons. The molecule has 2 saturated carbocycles. The van der Waals surface area contributed by atoms with Crippen molar-refractivity contribution in [3.63, 3.8) is 0 Å². The maximum absolute atomic E-state index is 12.0. The van der Waals surface area contributed by atoms with Crippen LogP contribution >= 0.6 is 11.6 Å².